The van der Waals surface area contributed by atoms with Crippen LogP contribution >= 0.6 is 0 Å². The average molecular weight is 1080 g/mol. The van der Waals surface area contributed by atoms with E-state index >= 15 is 0 Å². The minimum absolute atomic E-state index is 0.0835. The largest absolute Gasteiger partial charge is 0.445 e. The summed E-state index contributed by atoms with van der Waals surface area (Å²) in [5.74, 6) is -1.58. The van der Waals surface area contributed by atoms with Crippen LogP contribution in [-0.2, 0) is 48.4 Å². The Morgan fingerprint density at radius 2 is 1.61 bits per heavy atom. The summed E-state index contributed by atoms with van der Waals surface area (Å²) in [7, 11) is 0. The molecule has 5 heterocycles. The summed E-state index contributed by atoms with van der Waals surface area (Å²) in [6.07, 6.45) is 13.1. The number of rotatable bonds is 25. The van der Waals surface area contributed by atoms with E-state index < -0.39 is 36.0 Å². The number of H-pyrrole nitrogens is 1. The van der Waals surface area contributed by atoms with Gasteiger partial charge < -0.3 is 36.7 Å². The standard InChI is InChI=1S/C58H69N13O8/c1-37(2)52(68-49(72)21-8-5-11-31-70-50(73)28-29-51(70)74)56(76)65-46(20-13-30-60-57(59)77)55(75)64-43-25-22-39(23-26-43)35-79-58(78)69(32-41-17-9-10-18-44(41)40-15-6-4-7-16-40)34-47-66-53(42-24-27-48-61-36-62-71(48)33-42)54(67-47)45-19-12-14-38(3)63-45/h9-10,12,14,17-19,22-29,33,36-37,40,46,52H,4-8,11,13,15-16,20-21,30-32,34-35H2,1-3H3,(H,64,75)(H,65,76)(H,66,67)(H,68,72)(H3,59,60,77)/t46-,52-/m0/s1. The molecule has 8 rings (SSSR count). The fourth-order valence-corrected chi connectivity index (χ4v) is 9.95. The predicted octanol–water partition coefficient (Wildman–Crippen LogP) is 7.37. The topological polar surface area (TPSA) is 281 Å². The zero-order valence-corrected chi connectivity index (χ0v) is 44.9. The third-order valence-corrected chi connectivity index (χ3v) is 14.1. The van der Waals surface area contributed by atoms with Gasteiger partial charge in [0.15, 0.2) is 5.65 Å². The molecule has 1 saturated carbocycles. The SMILES string of the molecule is Cc1cccc(-c2[nH]c(CN(Cc3ccccc3C3CCCCC3)C(=O)OCc3ccc(NC(=O)[C@H](CCCNC(N)=O)NC(=O)[C@@H](NC(=O)CCCCCN4C(=O)C=CC4=O)C(C)C)cc3)nc2-c2ccc3ncnn3c2)n1. The number of primary amides is 1. The number of hydrogen-bond donors (Lipinski definition) is 6. The van der Waals surface area contributed by atoms with Gasteiger partial charge in [0.25, 0.3) is 11.8 Å². The first kappa shape index (κ1) is 56.5. The number of carbonyl (C=O) groups is 7. The Kier molecular flexibility index (Phi) is 19.3. The summed E-state index contributed by atoms with van der Waals surface area (Å²) in [4.78, 5) is 111. The number of aryl methyl sites for hydroxylation is 1. The van der Waals surface area contributed by atoms with Crippen LogP contribution in [0.15, 0.2) is 104 Å². The maximum absolute atomic E-state index is 14.5. The summed E-state index contributed by atoms with van der Waals surface area (Å²) < 4.78 is 7.75. The first-order valence-electron chi connectivity index (χ1n) is 27.1. The third-order valence-electron chi connectivity index (χ3n) is 14.1. The maximum Gasteiger partial charge on any atom is 0.410 e. The summed E-state index contributed by atoms with van der Waals surface area (Å²) >= 11 is 0. The van der Waals surface area contributed by atoms with Crippen molar-refractivity contribution in [2.75, 3.05) is 18.4 Å². The molecule has 0 unspecified atom stereocenters. The van der Waals surface area contributed by atoms with E-state index in [1.54, 1.807) is 47.5 Å². The molecule has 4 aromatic heterocycles. The Morgan fingerprint density at radius 1 is 0.835 bits per heavy atom. The zero-order valence-electron chi connectivity index (χ0n) is 44.9. The van der Waals surface area contributed by atoms with Crippen molar-refractivity contribution in [3.8, 4) is 22.6 Å². The normalized spacial score (nSPS) is 14.3. The van der Waals surface area contributed by atoms with E-state index in [1.165, 1.54) is 30.5 Å². The van der Waals surface area contributed by atoms with E-state index in [4.69, 9.17) is 20.4 Å². The highest BCUT2D eigenvalue weighted by Gasteiger charge is 2.30. The molecule has 0 spiro atoms. The van der Waals surface area contributed by atoms with Crippen molar-refractivity contribution in [3.63, 3.8) is 0 Å². The number of unbranched alkanes of at least 4 members (excludes halogenated alkanes) is 2. The van der Waals surface area contributed by atoms with Crippen molar-refractivity contribution in [2.24, 2.45) is 11.7 Å². The number of pyridine rings is 2. The number of nitrogens with one attached hydrogen (secondary N) is 5. The van der Waals surface area contributed by atoms with Crippen molar-refractivity contribution in [1.82, 2.24) is 55.3 Å². The Bertz CT molecular complexity index is 3140. The highest BCUT2D eigenvalue weighted by atomic mass is 16.6. The highest BCUT2D eigenvalue weighted by molar-refractivity contribution is 6.12. The number of nitrogens with two attached hydrogens (primary N) is 1. The van der Waals surface area contributed by atoms with Crippen molar-refractivity contribution < 1.29 is 38.3 Å². The Labute approximate surface area is 458 Å². The minimum atomic E-state index is -1.06. The molecule has 0 saturated heterocycles. The van der Waals surface area contributed by atoms with Crippen molar-refractivity contribution in [2.45, 2.75) is 129 Å². The molecule has 8 amide bonds. The number of anilines is 1. The second kappa shape index (κ2) is 27.0. The lowest BCUT2D eigenvalue weighted by atomic mass is 9.82. The molecular weight excluding hydrogens is 1010 g/mol. The van der Waals surface area contributed by atoms with Gasteiger partial charge in [-0.3, -0.25) is 38.8 Å². The number of imide groups is 1. The summed E-state index contributed by atoms with van der Waals surface area (Å²) in [5.41, 5.74) is 12.9. The van der Waals surface area contributed by atoms with Gasteiger partial charge >= 0.3 is 12.1 Å². The van der Waals surface area contributed by atoms with Crippen LogP contribution in [0.2, 0.25) is 0 Å². The zero-order chi connectivity index (χ0) is 55.8. The van der Waals surface area contributed by atoms with E-state index in [9.17, 15) is 33.6 Å². The van der Waals surface area contributed by atoms with Crippen LogP contribution in [-0.4, -0.2) is 106 Å². The van der Waals surface area contributed by atoms with Crippen molar-refractivity contribution in [1.29, 1.82) is 0 Å². The van der Waals surface area contributed by atoms with Gasteiger partial charge in [-0.15, -0.1) is 0 Å². The number of aromatic nitrogens is 6. The van der Waals surface area contributed by atoms with Gasteiger partial charge in [0.05, 0.1) is 23.6 Å². The van der Waals surface area contributed by atoms with Gasteiger partial charge in [0.2, 0.25) is 17.7 Å². The number of urea groups is 1. The van der Waals surface area contributed by atoms with Crippen LogP contribution in [0.5, 0.6) is 0 Å². The number of hydrogen-bond acceptors (Lipinski definition) is 12. The molecule has 0 radical (unpaired) electrons. The molecule has 1 fully saturated rings. The first-order valence-corrected chi connectivity index (χ1v) is 27.1. The van der Waals surface area contributed by atoms with Crippen molar-refractivity contribution >= 4 is 53.0 Å². The number of imidazole rings is 1. The van der Waals surface area contributed by atoms with E-state index in [1.807, 2.05) is 49.5 Å². The van der Waals surface area contributed by atoms with Crippen LogP contribution in [0.4, 0.5) is 15.3 Å². The fourth-order valence-electron chi connectivity index (χ4n) is 9.95. The van der Waals surface area contributed by atoms with Crippen LogP contribution in [0.25, 0.3) is 28.3 Å². The maximum atomic E-state index is 14.5. The van der Waals surface area contributed by atoms with Crippen LogP contribution in [0, 0.1) is 12.8 Å². The number of nitrogens with zero attached hydrogens (tertiary/aromatic N) is 7. The number of ether oxygens (including phenoxy) is 1. The van der Waals surface area contributed by atoms with Gasteiger partial charge in [-0.1, -0.05) is 82.0 Å². The molecule has 2 atom stereocenters. The second-order valence-electron chi connectivity index (χ2n) is 20.4. The van der Waals surface area contributed by atoms with E-state index in [0.717, 1.165) is 47.4 Å². The van der Waals surface area contributed by atoms with E-state index in [2.05, 4.69) is 54.5 Å². The molecule has 0 bridgehead atoms. The number of fused-ring (bicyclic) bond motifs is 1. The number of carbonyl (C=O) groups excluding carboxylic acids is 7. The molecule has 414 valence electrons. The number of amides is 8. The van der Waals surface area contributed by atoms with Crippen LogP contribution < -0.4 is 27.0 Å². The monoisotopic (exact) mass is 1080 g/mol. The highest BCUT2D eigenvalue weighted by Crippen LogP contribution is 2.36. The third kappa shape index (κ3) is 15.5. The molecule has 1 aliphatic heterocycles. The summed E-state index contributed by atoms with van der Waals surface area (Å²) in [6.45, 7) is 6.16. The second-order valence-corrected chi connectivity index (χ2v) is 20.4. The Balaban J connectivity index is 0.934. The molecular formula is C58H69N13O8. The Hall–Kier alpha value is -8.75. The van der Waals surface area contributed by atoms with Crippen LogP contribution in [0.1, 0.15) is 119 Å². The summed E-state index contributed by atoms with van der Waals surface area (Å²) in [6, 6.07) is 21.9. The molecule has 6 aromatic rings. The average Bonchev–Trinajstić information content (AvgIpc) is 4.34. The predicted molar refractivity (Wildman–Crippen MR) is 295 cm³/mol. The van der Waals surface area contributed by atoms with Gasteiger partial charge in [-0.05, 0) is 110 Å². The lowest BCUT2D eigenvalue weighted by Gasteiger charge is -2.27. The smallest absolute Gasteiger partial charge is 0.410 e. The molecule has 2 aromatic carbocycles. The molecule has 21 nitrogen and oxygen atoms in total. The fraction of sp³-hybridized carbons (Fsp3) is 0.397. The summed E-state index contributed by atoms with van der Waals surface area (Å²) in [5, 5.41) is 15.3. The van der Waals surface area contributed by atoms with E-state index in [0.29, 0.717) is 71.4 Å². The van der Waals surface area contributed by atoms with Crippen LogP contribution in [0.3, 0.4) is 0 Å². The van der Waals surface area contributed by atoms with Gasteiger partial charge in [-0.25, -0.2) is 24.1 Å². The van der Waals surface area contributed by atoms with Crippen molar-refractivity contribution in [3.05, 3.63) is 132 Å². The van der Waals surface area contributed by atoms with E-state index in [-0.39, 0.29) is 69.3 Å². The lowest BCUT2D eigenvalue weighted by Crippen LogP contribution is -2.54. The molecule has 1 aliphatic carbocycles. The quantitative estimate of drug-likeness (QED) is 0.0242. The van der Waals surface area contributed by atoms with Gasteiger partial charge in [0, 0.05) is 61.3 Å². The molecule has 2 aliphatic rings. The number of aromatic amines is 1. The minimum Gasteiger partial charge on any atom is -0.445 e. The van der Waals surface area contributed by atoms with Gasteiger partial charge in [0.1, 0.15) is 30.8 Å². The molecule has 79 heavy (non-hydrogen) atoms. The lowest BCUT2D eigenvalue weighted by molar-refractivity contribution is -0.137. The van der Waals surface area contributed by atoms with Gasteiger partial charge in [-0.2, -0.15) is 5.10 Å². The molecule has 21 heteroatoms. The number of benzene rings is 2. The Morgan fingerprint density at radius 3 is 2.35 bits per heavy atom. The molecule has 7 N–H and O–H groups in total. The first-order chi connectivity index (χ1) is 38.2.